The molecule has 0 radical (unpaired) electrons. The highest BCUT2D eigenvalue weighted by Crippen LogP contribution is 2.07. The molecule has 1 unspecified atom stereocenters. The van der Waals surface area contributed by atoms with Crippen LogP contribution in [0.5, 0.6) is 0 Å². The van der Waals surface area contributed by atoms with Crippen molar-refractivity contribution in [1.82, 2.24) is 24.9 Å². The van der Waals surface area contributed by atoms with Crippen molar-refractivity contribution >= 4 is 0 Å². The zero-order chi connectivity index (χ0) is 13.1. The second-order valence-corrected chi connectivity index (χ2v) is 5.44. The number of piperazine rings is 1. The highest BCUT2D eigenvalue weighted by atomic mass is 15.3. The fourth-order valence-electron chi connectivity index (χ4n) is 2.52. The average Bonchev–Trinajstić information content (AvgIpc) is 2.62. The summed E-state index contributed by atoms with van der Waals surface area (Å²) in [6.07, 6.45) is 2.10. The van der Waals surface area contributed by atoms with Gasteiger partial charge < -0.3 is 10.2 Å². The molecular formula is C13H25N5. The van der Waals surface area contributed by atoms with Crippen LogP contribution in [0.4, 0.5) is 0 Å². The van der Waals surface area contributed by atoms with Gasteiger partial charge in [0, 0.05) is 57.6 Å². The van der Waals surface area contributed by atoms with Gasteiger partial charge in [0.05, 0.1) is 5.69 Å². The summed E-state index contributed by atoms with van der Waals surface area (Å²) in [4.78, 5) is 4.85. The number of nitrogens with one attached hydrogen (secondary N) is 1. The maximum atomic E-state index is 4.36. The van der Waals surface area contributed by atoms with Crippen molar-refractivity contribution in [2.75, 3.05) is 40.3 Å². The van der Waals surface area contributed by atoms with Crippen molar-refractivity contribution in [3.63, 3.8) is 0 Å². The van der Waals surface area contributed by atoms with Gasteiger partial charge in [-0.15, -0.1) is 0 Å². The number of nitrogens with zero attached hydrogens (tertiary/aromatic N) is 4. The number of rotatable bonds is 4. The molecule has 5 nitrogen and oxygen atoms in total. The summed E-state index contributed by atoms with van der Waals surface area (Å²) < 4.78 is 1.88. The van der Waals surface area contributed by atoms with Crippen LogP contribution < -0.4 is 5.32 Å². The van der Waals surface area contributed by atoms with Crippen LogP contribution in [0.15, 0.2) is 6.20 Å². The molecule has 1 aliphatic heterocycles. The van der Waals surface area contributed by atoms with E-state index in [1.54, 1.807) is 0 Å². The van der Waals surface area contributed by atoms with Crippen LogP contribution in [-0.2, 0) is 13.6 Å². The van der Waals surface area contributed by atoms with E-state index < -0.39 is 0 Å². The molecule has 1 N–H and O–H groups in total. The van der Waals surface area contributed by atoms with Crippen LogP contribution in [0, 0.1) is 6.92 Å². The summed E-state index contributed by atoms with van der Waals surface area (Å²) in [5, 5.41) is 7.92. The lowest BCUT2D eigenvalue weighted by Gasteiger charge is -2.37. The molecule has 18 heavy (non-hydrogen) atoms. The first-order valence-corrected chi connectivity index (χ1v) is 6.65. The van der Waals surface area contributed by atoms with Gasteiger partial charge in [-0.25, -0.2) is 0 Å². The lowest BCUT2D eigenvalue weighted by molar-refractivity contribution is 0.113. The second kappa shape index (κ2) is 5.82. The molecule has 1 saturated heterocycles. The molecule has 0 aliphatic carbocycles. The van der Waals surface area contributed by atoms with Crippen LogP contribution in [0.25, 0.3) is 0 Å². The molecule has 0 spiro atoms. The Morgan fingerprint density at radius 1 is 1.33 bits per heavy atom. The Morgan fingerprint density at radius 3 is 2.78 bits per heavy atom. The summed E-state index contributed by atoms with van der Waals surface area (Å²) in [6, 6.07) is 0.612. The van der Waals surface area contributed by atoms with E-state index in [9.17, 15) is 0 Å². The fraction of sp³-hybridized carbons (Fsp3) is 0.769. The topological polar surface area (TPSA) is 36.3 Å². The zero-order valence-electron chi connectivity index (χ0n) is 12.0. The van der Waals surface area contributed by atoms with Crippen molar-refractivity contribution in [3.05, 3.63) is 17.5 Å². The van der Waals surface area contributed by atoms with E-state index in [2.05, 4.69) is 47.4 Å². The van der Waals surface area contributed by atoms with Gasteiger partial charge in [0.1, 0.15) is 0 Å². The molecule has 1 aliphatic rings. The summed E-state index contributed by atoms with van der Waals surface area (Å²) in [5.74, 6) is 0. The molecule has 102 valence electrons. The van der Waals surface area contributed by atoms with E-state index in [1.807, 2.05) is 11.7 Å². The standard InChI is InChI=1S/C13H25N5/c1-11-12(9-18(4)15-11)7-14-8-13-10-16(2)5-6-17(13)3/h9,13-14H,5-8,10H2,1-4H3. The first-order valence-electron chi connectivity index (χ1n) is 6.65. The van der Waals surface area contributed by atoms with Gasteiger partial charge in [-0.3, -0.25) is 9.58 Å². The molecule has 1 aromatic heterocycles. The monoisotopic (exact) mass is 251 g/mol. The molecule has 2 rings (SSSR count). The van der Waals surface area contributed by atoms with E-state index in [4.69, 9.17) is 0 Å². The van der Waals surface area contributed by atoms with E-state index in [1.165, 1.54) is 12.1 Å². The van der Waals surface area contributed by atoms with Crippen molar-refractivity contribution in [2.24, 2.45) is 7.05 Å². The molecule has 1 aromatic rings. The molecule has 0 saturated carbocycles. The molecule has 2 heterocycles. The maximum absolute atomic E-state index is 4.36. The largest absolute Gasteiger partial charge is 0.311 e. The van der Waals surface area contributed by atoms with E-state index in [0.717, 1.165) is 31.9 Å². The minimum atomic E-state index is 0.612. The normalized spacial score (nSPS) is 22.6. The smallest absolute Gasteiger partial charge is 0.0638 e. The predicted molar refractivity (Wildman–Crippen MR) is 73.6 cm³/mol. The maximum Gasteiger partial charge on any atom is 0.0638 e. The molecule has 0 amide bonds. The predicted octanol–water partition coefficient (Wildman–Crippen LogP) is 0.0639. The van der Waals surface area contributed by atoms with Crippen LogP contribution >= 0.6 is 0 Å². The minimum absolute atomic E-state index is 0.612. The summed E-state index contributed by atoms with van der Waals surface area (Å²) in [5.41, 5.74) is 2.42. The third-order valence-corrected chi connectivity index (χ3v) is 3.79. The van der Waals surface area contributed by atoms with Gasteiger partial charge in [0.25, 0.3) is 0 Å². The van der Waals surface area contributed by atoms with E-state index in [0.29, 0.717) is 6.04 Å². The van der Waals surface area contributed by atoms with E-state index >= 15 is 0 Å². The van der Waals surface area contributed by atoms with Gasteiger partial charge in [-0.1, -0.05) is 0 Å². The average molecular weight is 251 g/mol. The first-order chi connectivity index (χ1) is 8.56. The summed E-state index contributed by atoms with van der Waals surface area (Å²) >= 11 is 0. The molecular weight excluding hydrogens is 226 g/mol. The number of likely N-dealkylation sites (N-methyl/N-ethyl adjacent to an activating group) is 2. The van der Waals surface area contributed by atoms with Gasteiger partial charge in [0.2, 0.25) is 0 Å². The summed E-state index contributed by atoms with van der Waals surface area (Å²) in [6.45, 7) is 7.50. The van der Waals surface area contributed by atoms with Gasteiger partial charge >= 0.3 is 0 Å². The SMILES string of the molecule is Cc1nn(C)cc1CNCC1CN(C)CCN1C. The highest BCUT2D eigenvalue weighted by molar-refractivity contribution is 5.14. The molecule has 5 heteroatoms. The lowest BCUT2D eigenvalue weighted by atomic mass is 10.2. The Bertz CT molecular complexity index is 387. The van der Waals surface area contributed by atoms with Crippen LogP contribution in [0.2, 0.25) is 0 Å². The van der Waals surface area contributed by atoms with Crippen LogP contribution in [0.1, 0.15) is 11.3 Å². The second-order valence-electron chi connectivity index (χ2n) is 5.44. The lowest BCUT2D eigenvalue weighted by Crippen LogP contribution is -2.53. The molecule has 0 bridgehead atoms. The van der Waals surface area contributed by atoms with Crippen molar-refractivity contribution in [2.45, 2.75) is 19.5 Å². The highest BCUT2D eigenvalue weighted by Gasteiger charge is 2.21. The zero-order valence-corrected chi connectivity index (χ0v) is 12.0. The third kappa shape index (κ3) is 3.31. The van der Waals surface area contributed by atoms with Crippen molar-refractivity contribution in [3.8, 4) is 0 Å². The van der Waals surface area contributed by atoms with Gasteiger partial charge in [-0.05, 0) is 21.0 Å². The first kappa shape index (κ1) is 13.5. The van der Waals surface area contributed by atoms with E-state index in [-0.39, 0.29) is 0 Å². The van der Waals surface area contributed by atoms with Gasteiger partial charge in [-0.2, -0.15) is 5.10 Å². The Labute approximate surface area is 110 Å². The number of hydrogen-bond donors (Lipinski definition) is 1. The Morgan fingerprint density at radius 2 is 2.11 bits per heavy atom. The van der Waals surface area contributed by atoms with Gasteiger partial charge in [0.15, 0.2) is 0 Å². The molecule has 0 aromatic carbocycles. The fourth-order valence-corrected chi connectivity index (χ4v) is 2.52. The third-order valence-electron chi connectivity index (χ3n) is 3.79. The number of aromatic nitrogens is 2. The molecule has 1 atom stereocenters. The van der Waals surface area contributed by atoms with Crippen molar-refractivity contribution < 1.29 is 0 Å². The quantitative estimate of drug-likeness (QED) is 0.821. The van der Waals surface area contributed by atoms with Crippen LogP contribution in [-0.4, -0.2) is 65.9 Å². The van der Waals surface area contributed by atoms with Crippen molar-refractivity contribution in [1.29, 1.82) is 0 Å². The summed E-state index contributed by atoms with van der Waals surface area (Å²) in [7, 11) is 6.39. The number of hydrogen-bond acceptors (Lipinski definition) is 4. The Kier molecular flexibility index (Phi) is 4.37. The van der Waals surface area contributed by atoms with Crippen LogP contribution in [0.3, 0.4) is 0 Å². The molecule has 1 fully saturated rings. The Balaban J connectivity index is 1.79. The number of aryl methyl sites for hydroxylation is 2. The minimum Gasteiger partial charge on any atom is -0.311 e. The Hall–Kier alpha value is -0.910.